The van der Waals surface area contributed by atoms with Gasteiger partial charge in [-0.1, -0.05) is 50.2 Å². The number of pyridine rings is 1. The number of nitrogens with zero attached hydrogens (tertiary/aromatic N) is 4. The van der Waals surface area contributed by atoms with Crippen LogP contribution in [0.2, 0.25) is 0 Å². The van der Waals surface area contributed by atoms with Crippen LogP contribution >= 0.6 is 0 Å². The van der Waals surface area contributed by atoms with Gasteiger partial charge in [0.1, 0.15) is 5.82 Å². The summed E-state index contributed by atoms with van der Waals surface area (Å²) in [6.07, 6.45) is 4.04. The first-order valence-corrected chi connectivity index (χ1v) is 11.7. The molecular formula is C26H32N6. The van der Waals surface area contributed by atoms with E-state index in [9.17, 15) is 0 Å². The molecule has 2 aromatic carbocycles. The molecule has 6 heteroatoms. The molecule has 0 saturated carbocycles. The molecule has 2 aromatic heterocycles. The average molecular weight is 429 g/mol. The smallest absolute Gasteiger partial charge is 0.210 e. The highest BCUT2D eigenvalue weighted by atomic mass is 15.3. The van der Waals surface area contributed by atoms with Crippen molar-refractivity contribution >= 4 is 27.8 Å². The van der Waals surface area contributed by atoms with E-state index in [1.165, 1.54) is 5.39 Å². The van der Waals surface area contributed by atoms with Crippen LogP contribution in [0, 0.1) is 5.92 Å². The zero-order chi connectivity index (χ0) is 22.1. The van der Waals surface area contributed by atoms with Crippen molar-refractivity contribution in [1.82, 2.24) is 19.4 Å². The van der Waals surface area contributed by atoms with Crippen molar-refractivity contribution in [1.29, 1.82) is 0 Å². The van der Waals surface area contributed by atoms with Crippen molar-refractivity contribution in [3.63, 3.8) is 0 Å². The number of hydrogen-bond acceptors (Lipinski definition) is 5. The van der Waals surface area contributed by atoms with E-state index in [1.807, 2.05) is 12.3 Å². The zero-order valence-corrected chi connectivity index (χ0v) is 18.9. The van der Waals surface area contributed by atoms with Crippen molar-refractivity contribution in [2.45, 2.75) is 38.8 Å². The SMILES string of the molecule is CC(C)C(N)CN1CCC(Nc2nc3ccccc3n2-c2nccc3ccccc23)CC1. The molecule has 4 aromatic rings. The molecule has 1 atom stereocenters. The van der Waals surface area contributed by atoms with E-state index in [4.69, 9.17) is 15.7 Å². The lowest BCUT2D eigenvalue weighted by Crippen LogP contribution is -2.46. The normalized spacial score (nSPS) is 16.8. The summed E-state index contributed by atoms with van der Waals surface area (Å²) in [6.45, 7) is 7.49. The van der Waals surface area contributed by atoms with E-state index < -0.39 is 0 Å². The fourth-order valence-corrected chi connectivity index (χ4v) is 4.57. The number of imidazole rings is 1. The molecule has 0 amide bonds. The molecule has 1 saturated heterocycles. The first-order chi connectivity index (χ1) is 15.6. The van der Waals surface area contributed by atoms with Crippen molar-refractivity contribution in [3.05, 3.63) is 60.8 Å². The number of likely N-dealkylation sites (tertiary alicyclic amines) is 1. The Morgan fingerprint density at radius 3 is 2.59 bits per heavy atom. The topological polar surface area (TPSA) is 72.0 Å². The fraction of sp³-hybridized carbons (Fsp3) is 0.385. The summed E-state index contributed by atoms with van der Waals surface area (Å²) in [6, 6.07) is 19.4. The fourth-order valence-electron chi connectivity index (χ4n) is 4.57. The number of nitrogens with two attached hydrogens (primary N) is 1. The first-order valence-electron chi connectivity index (χ1n) is 11.7. The highest BCUT2D eigenvalue weighted by Gasteiger charge is 2.24. The third kappa shape index (κ3) is 4.08. The Bertz CT molecular complexity index is 1200. The van der Waals surface area contributed by atoms with Crippen LogP contribution in [-0.2, 0) is 0 Å². The van der Waals surface area contributed by atoms with Crippen LogP contribution in [0.25, 0.3) is 27.6 Å². The highest BCUT2D eigenvalue weighted by molar-refractivity contribution is 5.91. The van der Waals surface area contributed by atoms with Gasteiger partial charge in [-0.05, 0) is 42.3 Å². The van der Waals surface area contributed by atoms with Gasteiger partial charge in [0.15, 0.2) is 0 Å². The molecule has 6 nitrogen and oxygen atoms in total. The summed E-state index contributed by atoms with van der Waals surface area (Å²) in [7, 11) is 0. The van der Waals surface area contributed by atoms with Gasteiger partial charge in [0.2, 0.25) is 5.95 Å². The van der Waals surface area contributed by atoms with Gasteiger partial charge in [0, 0.05) is 43.3 Å². The lowest BCUT2D eigenvalue weighted by molar-refractivity contribution is 0.194. The van der Waals surface area contributed by atoms with Gasteiger partial charge in [-0.15, -0.1) is 0 Å². The predicted molar refractivity (Wildman–Crippen MR) is 132 cm³/mol. The number of rotatable bonds is 6. The number of hydrogen-bond donors (Lipinski definition) is 2. The summed E-state index contributed by atoms with van der Waals surface area (Å²) in [4.78, 5) is 12.2. The molecular weight excluding hydrogens is 396 g/mol. The number of aromatic nitrogens is 3. The van der Waals surface area contributed by atoms with E-state index in [0.29, 0.717) is 12.0 Å². The molecule has 3 N–H and O–H groups in total. The van der Waals surface area contributed by atoms with Crippen molar-refractivity contribution in [2.75, 3.05) is 25.0 Å². The number of nitrogens with one attached hydrogen (secondary N) is 1. The Balaban J connectivity index is 1.43. The minimum atomic E-state index is 0.237. The van der Waals surface area contributed by atoms with E-state index in [-0.39, 0.29) is 6.04 Å². The molecule has 1 aliphatic rings. The molecule has 0 aliphatic carbocycles. The number of fused-ring (bicyclic) bond motifs is 2. The van der Waals surface area contributed by atoms with Crippen molar-refractivity contribution in [2.24, 2.45) is 11.7 Å². The Labute approximate surface area is 189 Å². The van der Waals surface area contributed by atoms with Gasteiger partial charge in [-0.3, -0.25) is 4.57 Å². The summed E-state index contributed by atoms with van der Waals surface area (Å²) < 4.78 is 2.18. The Hall–Kier alpha value is -2.96. The van der Waals surface area contributed by atoms with Crippen molar-refractivity contribution in [3.8, 4) is 5.82 Å². The average Bonchev–Trinajstić information content (AvgIpc) is 3.17. The minimum Gasteiger partial charge on any atom is -0.352 e. The lowest BCUT2D eigenvalue weighted by Gasteiger charge is -2.34. The van der Waals surface area contributed by atoms with E-state index in [2.05, 4.69) is 77.2 Å². The van der Waals surface area contributed by atoms with Gasteiger partial charge < -0.3 is 16.0 Å². The van der Waals surface area contributed by atoms with Gasteiger partial charge in [0.25, 0.3) is 0 Å². The predicted octanol–water partition coefficient (Wildman–Crippen LogP) is 4.43. The van der Waals surface area contributed by atoms with Crippen LogP contribution in [-0.4, -0.2) is 51.2 Å². The largest absolute Gasteiger partial charge is 0.352 e. The molecule has 32 heavy (non-hydrogen) atoms. The molecule has 5 rings (SSSR count). The van der Waals surface area contributed by atoms with Crippen LogP contribution in [0.15, 0.2) is 60.8 Å². The Kier molecular flexibility index (Phi) is 5.81. The summed E-state index contributed by atoms with van der Waals surface area (Å²) in [5, 5.41) is 6.05. The maximum absolute atomic E-state index is 6.30. The number of benzene rings is 2. The van der Waals surface area contributed by atoms with Crippen LogP contribution in [0.4, 0.5) is 5.95 Å². The Morgan fingerprint density at radius 1 is 1.03 bits per heavy atom. The third-order valence-corrected chi connectivity index (χ3v) is 6.67. The third-order valence-electron chi connectivity index (χ3n) is 6.67. The Morgan fingerprint density at radius 2 is 1.78 bits per heavy atom. The molecule has 1 unspecified atom stereocenters. The van der Waals surface area contributed by atoms with Crippen LogP contribution in [0.1, 0.15) is 26.7 Å². The van der Waals surface area contributed by atoms with Gasteiger partial charge in [0.05, 0.1) is 11.0 Å². The van der Waals surface area contributed by atoms with Crippen LogP contribution in [0.3, 0.4) is 0 Å². The monoisotopic (exact) mass is 428 g/mol. The van der Waals surface area contributed by atoms with Crippen LogP contribution in [0.5, 0.6) is 0 Å². The van der Waals surface area contributed by atoms with Crippen LogP contribution < -0.4 is 11.1 Å². The number of piperidine rings is 1. The maximum Gasteiger partial charge on any atom is 0.210 e. The molecule has 1 fully saturated rings. The zero-order valence-electron chi connectivity index (χ0n) is 18.9. The molecule has 0 radical (unpaired) electrons. The maximum atomic E-state index is 6.30. The molecule has 0 spiro atoms. The number of anilines is 1. The summed E-state index contributed by atoms with van der Waals surface area (Å²) in [5.74, 6) is 2.30. The van der Waals surface area contributed by atoms with Gasteiger partial charge in [-0.2, -0.15) is 0 Å². The second-order valence-corrected chi connectivity index (χ2v) is 9.24. The molecule has 0 bridgehead atoms. The second kappa shape index (κ2) is 8.88. The molecule has 1 aliphatic heterocycles. The van der Waals surface area contributed by atoms with Gasteiger partial charge in [-0.25, -0.2) is 9.97 Å². The first kappa shape index (κ1) is 20.9. The molecule has 166 valence electrons. The summed E-state index contributed by atoms with van der Waals surface area (Å²) in [5.41, 5.74) is 8.35. The van der Waals surface area contributed by atoms with E-state index >= 15 is 0 Å². The lowest BCUT2D eigenvalue weighted by atomic mass is 10.0. The van der Waals surface area contributed by atoms with E-state index in [1.54, 1.807) is 0 Å². The second-order valence-electron chi connectivity index (χ2n) is 9.24. The number of para-hydroxylation sites is 2. The van der Waals surface area contributed by atoms with E-state index in [0.717, 1.165) is 60.7 Å². The standard InChI is InChI=1S/C26H32N6/c1-18(2)22(27)17-31-15-12-20(13-16-31)29-26-30-23-9-5-6-10-24(23)32(26)25-21-8-4-3-7-19(21)11-14-28-25/h3-11,14,18,20,22H,12-13,15-17,27H2,1-2H3,(H,29,30). The molecule has 3 heterocycles. The van der Waals surface area contributed by atoms with Crippen molar-refractivity contribution < 1.29 is 0 Å². The quantitative estimate of drug-likeness (QED) is 0.475. The summed E-state index contributed by atoms with van der Waals surface area (Å²) >= 11 is 0. The highest BCUT2D eigenvalue weighted by Crippen LogP contribution is 2.29. The van der Waals surface area contributed by atoms with Gasteiger partial charge >= 0.3 is 0 Å². The minimum absolute atomic E-state index is 0.237.